The van der Waals surface area contributed by atoms with Crippen LogP contribution in [0.4, 0.5) is 5.69 Å². The van der Waals surface area contributed by atoms with Gasteiger partial charge in [-0.1, -0.05) is 15.9 Å². The van der Waals surface area contributed by atoms with Gasteiger partial charge >= 0.3 is 0 Å². The van der Waals surface area contributed by atoms with Gasteiger partial charge < -0.3 is 4.90 Å². The van der Waals surface area contributed by atoms with Gasteiger partial charge in [-0.25, -0.2) is 0 Å². The first-order chi connectivity index (χ1) is 8.29. The Balaban J connectivity index is 2.94. The molecule has 0 radical (unpaired) electrons. The lowest BCUT2D eigenvalue weighted by Gasteiger charge is -2.34. The highest BCUT2D eigenvalue weighted by Gasteiger charge is 2.27. The van der Waals surface area contributed by atoms with E-state index in [2.05, 4.69) is 15.9 Å². The first-order valence-corrected chi connectivity index (χ1v) is 6.50. The molecule has 0 aromatic heterocycles. The van der Waals surface area contributed by atoms with Gasteiger partial charge in [-0.05, 0) is 26.0 Å². The molecule has 6 heteroatoms. The average Bonchev–Trinajstić information content (AvgIpc) is 2.37. The number of nitro groups is 1. The number of carbonyl (C=O) groups excluding carboxylic acids is 1. The van der Waals surface area contributed by atoms with Crippen LogP contribution in [0.25, 0.3) is 0 Å². The summed E-state index contributed by atoms with van der Waals surface area (Å²) in [6, 6.07) is 5.62. The molecular weight excluding hydrogens is 300 g/mol. The highest BCUT2D eigenvalue weighted by molar-refractivity contribution is 9.09. The van der Waals surface area contributed by atoms with E-state index in [1.54, 1.807) is 11.9 Å². The number of benzene rings is 1. The lowest BCUT2D eigenvalue weighted by molar-refractivity contribution is -0.384. The second-order valence-electron chi connectivity index (χ2n) is 4.61. The van der Waals surface area contributed by atoms with Crippen LogP contribution in [0.15, 0.2) is 24.3 Å². The van der Waals surface area contributed by atoms with Crippen LogP contribution in [0.1, 0.15) is 24.2 Å². The van der Waals surface area contributed by atoms with Crippen LogP contribution in [0.3, 0.4) is 0 Å². The number of amides is 1. The lowest BCUT2D eigenvalue weighted by Crippen LogP contribution is -2.46. The van der Waals surface area contributed by atoms with Crippen molar-refractivity contribution in [3.05, 3.63) is 39.9 Å². The van der Waals surface area contributed by atoms with Gasteiger partial charge in [0.05, 0.1) is 4.92 Å². The summed E-state index contributed by atoms with van der Waals surface area (Å²) in [5, 5.41) is 11.2. The summed E-state index contributed by atoms with van der Waals surface area (Å²) in [5.74, 6) is -0.158. The van der Waals surface area contributed by atoms with Gasteiger partial charge in [-0.3, -0.25) is 14.9 Å². The smallest absolute Gasteiger partial charge is 0.269 e. The van der Waals surface area contributed by atoms with Crippen LogP contribution >= 0.6 is 15.9 Å². The van der Waals surface area contributed by atoms with Gasteiger partial charge in [0, 0.05) is 35.6 Å². The predicted octanol–water partition coefficient (Wildman–Crippen LogP) is 2.84. The van der Waals surface area contributed by atoms with Crippen molar-refractivity contribution in [3.63, 3.8) is 0 Å². The van der Waals surface area contributed by atoms with Gasteiger partial charge in [-0.2, -0.15) is 0 Å². The predicted molar refractivity (Wildman–Crippen MR) is 73.1 cm³/mol. The van der Waals surface area contributed by atoms with Crippen molar-refractivity contribution in [2.75, 3.05) is 12.4 Å². The zero-order chi connectivity index (χ0) is 13.9. The molecule has 0 aliphatic heterocycles. The Labute approximate surface area is 114 Å². The first kappa shape index (κ1) is 14.6. The van der Waals surface area contributed by atoms with Crippen molar-refractivity contribution in [2.45, 2.75) is 19.4 Å². The molecule has 0 heterocycles. The minimum absolute atomic E-state index is 0.0195. The molecule has 0 N–H and O–H groups in total. The fourth-order valence-electron chi connectivity index (χ4n) is 1.28. The van der Waals surface area contributed by atoms with E-state index in [-0.39, 0.29) is 17.1 Å². The summed E-state index contributed by atoms with van der Waals surface area (Å²) in [6.07, 6.45) is 0. The summed E-state index contributed by atoms with van der Waals surface area (Å²) < 4.78 is 0. The maximum atomic E-state index is 12.2. The molecule has 1 aromatic rings. The molecule has 98 valence electrons. The van der Waals surface area contributed by atoms with Crippen molar-refractivity contribution in [1.82, 2.24) is 4.90 Å². The van der Waals surface area contributed by atoms with Gasteiger partial charge in [0.25, 0.3) is 11.6 Å². The van der Waals surface area contributed by atoms with Gasteiger partial charge in [0.1, 0.15) is 0 Å². The second-order valence-corrected chi connectivity index (χ2v) is 5.17. The zero-order valence-electron chi connectivity index (χ0n) is 10.5. The highest BCUT2D eigenvalue weighted by Crippen LogP contribution is 2.19. The molecule has 0 aliphatic rings. The first-order valence-electron chi connectivity index (χ1n) is 5.38. The van der Waals surface area contributed by atoms with Gasteiger partial charge in [0.2, 0.25) is 0 Å². The summed E-state index contributed by atoms with van der Waals surface area (Å²) in [5.41, 5.74) is 0.102. The van der Waals surface area contributed by atoms with Crippen LogP contribution in [-0.2, 0) is 0 Å². The molecule has 5 nitrogen and oxygen atoms in total. The Morgan fingerprint density at radius 3 is 2.28 bits per heavy atom. The molecule has 0 atom stereocenters. The Hall–Kier alpha value is -1.43. The van der Waals surface area contributed by atoms with Crippen LogP contribution in [0, 0.1) is 10.1 Å². The van der Waals surface area contributed by atoms with Crippen molar-refractivity contribution < 1.29 is 9.72 Å². The molecule has 18 heavy (non-hydrogen) atoms. The van der Waals surface area contributed by atoms with Crippen molar-refractivity contribution in [3.8, 4) is 0 Å². The lowest BCUT2D eigenvalue weighted by atomic mass is 10.0. The fourth-order valence-corrected chi connectivity index (χ4v) is 1.66. The molecule has 0 spiro atoms. The minimum atomic E-state index is -0.486. The third-order valence-electron chi connectivity index (χ3n) is 2.86. The molecule has 1 amide bonds. The minimum Gasteiger partial charge on any atom is -0.336 e. The van der Waals surface area contributed by atoms with Crippen LogP contribution in [0.2, 0.25) is 0 Å². The molecule has 0 aliphatic carbocycles. The Kier molecular flexibility index (Phi) is 4.45. The van der Waals surface area contributed by atoms with E-state index in [1.807, 2.05) is 13.8 Å². The van der Waals surface area contributed by atoms with Crippen molar-refractivity contribution >= 4 is 27.5 Å². The van der Waals surface area contributed by atoms with Crippen LogP contribution in [0.5, 0.6) is 0 Å². The zero-order valence-corrected chi connectivity index (χ0v) is 12.1. The van der Waals surface area contributed by atoms with Crippen LogP contribution < -0.4 is 0 Å². The maximum absolute atomic E-state index is 12.2. The Morgan fingerprint density at radius 2 is 1.89 bits per heavy atom. The number of rotatable bonds is 4. The Bertz CT molecular complexity index is 457. The molecule has 0 unspecified atom stereocenters. The SMILES string of the molecule is CN(C(=O)c1ccc([N+](=O)[O-])cc1)C(C)(C)CBr. The Morgan fingerprint density at radius 1 is 1.39 bits per heavy atom. The van der Waals surface area contributed by atoms with Crippen molar-refractivity contribution in [2.24, 2.45) is 0 Å². The summed E-state index contributed by atoms with van der Waals surface area (Å²) in [4.78, 5) is 23.8. The van der Waals surface area contributed by atoms with E-state index in [0.717, 1.165) is 0 Å². The molecule has 1 rings (SSSR count). The fraction of sp³-hybridized carbons (Fsp3) is 0.417. The largest absolute Gasteiger partial charge is 0.336 e. The summed E-state index contributed by atoms with van der Waals surface area (Å²) >= 11 is 3.36. The average molecular weight is 315 g/mol. The van der Waals surface area contributed by atoms with Gasteiger partial charge in [0.15, 0.2) is 0 Å². The van der Waals surface area contributed by atoms with E-state index in [1.165, 1.54) is 24.3 Å². The molecule has 0 saturated carbocycles. The molecule has 0 saturated heterocycles. The van der Waals surface area contributed by atoms with E-state index >= 15 is 0 Å². The second kappa shape index (κ2) is 5.48. The molecular formula is C12H15BrN2O3. The monoisotopic (exact) mass is 314 g/mol. The van der Waals surface area contributed by atoms with E-state index < -0.39 is 4.92 Å². The van der Waals surface area contributed by atoms with E-state index in [4.69, 9.17) is 0 Å². The standard InChI is InChI=1S/C12H15BrN2O3/c1-12(2,8-13)14(3)11(16)9-4-6-10(7-5-9)15(17)18/h4-7H,8H2,1-3H3. The number of alkyl halides is 1. The topological polar surface area (TPSA) is 63.5 Å². The normalized spacial score (nSPS) is 11.1. The third kappa shape index (κ3) is 3.07. The molecule has 1 aromatic carbocycles. The van der Waals surface area contributed by atoms with Crippen molar-refractivity contribution in [1.29, 1.82) is 0 Å². The van der Waals surface area contributed by atoms with E-state index in [9.17, 15) is 14.9 Å². The number of nitro benzene ring substituents is 1. The number of non-ortho nitro benzene ring substituents is 1. The number of carbonyl (C=O) groups is 1. The number of hydrogen-bond donors (Lipinski definition) is 0. The summed E-state index contributed by atoms with van der Waals surface area (Å²) in [6.45, 7) is 3.87. The number of nitrogens with zero attached hydrogens (tertiary/aromatic N) is 2. The molecule has 0 bridgehead atoms. The highest BCUT2D eigenvalue weighted by atomic mass is 79.9. The summed E-state index contributed by atoms with van der Waals surface area (Å²) in [7, 11) is 1.71. The number of halogens is 1. The maximum Gasteiger partial charge on any atom is 0.269 e. The van der Waals surface area contributed by atoms with Crippen LogP contribution in [-0.4, -0.2) is 33.6 Å². The van der Waals surface area contributed by atoms with Gasteiger partial charge in [-0.15, -0.1) is 0 Å². The number of hydrogen-bond acceptors (Lipinski definition) is 3. The third-order valence-corrected chi connectivity index (χ3v) is 4.24. The van der Waals surface area contributed by atoms with E-state index in [0.29, 0.717) is 10.9 Å². The molecule has 0 fully saturated rings. The quantitative estimate of drug-likeness (QED) is 0.487.